The first-order valence-electron chi connectivity index (χ1n) is 6.76. The van der Waals surface area contributed by atoms with Gasteiger partial charge in [0.05, 0.1) is 0 Å². The smallest absolute Gasteiger partial charge is 0.145 e. The van der Waals surface area contributed by atoms with Crippen LogP contribution in [-0.4, -0.2) is 40.0 Å². The van der Waals surface area contributed by atoms with Crippen molar-refractivity contribution in [3.63, 3.8) is 0 Å². The number of hydrogen-bond donors (Lipinski definition) is 3. The molecular formula is C13H26N6. The molecule has 0 saturated heterocycles. The molecule has 0 spiro atoms. The lowest BCUT2D eigenvalue weighted by molar-refractivity contribution is 0.182. The van der Waals surface area contributed by atoms with Crippen LogP contribution in [0.15, 0.2) is 6.07 Å². The number of aryl methyl sites for hydroxylation is 1. The van der Waals surface area contributed by atoms with Crippen LogP contribution < -0.4 is 16.6 Å². The third-order valence-corrected chi connectivity index (χ3v) is 2.99. The van der Waals surface area contributed by atoms with E-state index in [0.717, 1.165) is 18.9 Å². The largest absolute Gasteiger partial charge is 0.369 e. The molecule has 0 bridgehead atoms. The van der Waals surface area contributed by atoms with Crippen LogP contribution in [0.1, 0.15) is 33.5 Å². The second-order valence-corrected chi connectivity index (χ2v) is 5.18. The molecule has 0 unspecified atom stereocenters. The number of nitrogens with one attached hydrogen (secondary N) is 2. The molecule has 0 radical (unpaired) electrons. The lowest BCUT2D eigenvalue weighted by atomic mass is 10.2. The minimum absolute atomic E-state index is 0.537. The molecule has 19 heavy (non-hydrogen) atoms. The van der Waals surface area contributed by atoms with Crippen LogP contribution in [-0.2, 0) is 0 Å². The summed E-state index contributed by atoms with van der Waals surface area (Å²) >= 11 is 0. The lowest BCUT2D eigenvalue weighted by Crippen LogP contribution is -2.40. The molecule has 6 nitrogen and oxygen atoms in total. The number of nitrogens with two attached hydrogens (primary N) is 1. The van der Waals surface area contributed by atoms with Crippen LogP contribution in [0, 0.1) is 6.92 Å². The number of rotatable bonds is 7. The number of nitrogen functional groups attached to an aromatic ring is 1. The monoisotopic (exact) mass is 266 g/mol. The standard InChI is InChI=1S/C13H26N6/c1-9(2)19(10(3)4)7-6-15-12-8-13(18-14)17-11(5)16-12/h8-10H,6-7,14H2,1-5H3,(H2,15,16,17,18). The maximum Gasteiger partial charge on any atom is 0.145 e. The van der Waals surface area contributed by atoms with Gasteiger partial charge in [0.15, 0.2) is 0 Å². The zero-order valence-electron chi connectivity index (χ0n) is 12.6. The van der Waals surface area contributed by atoms with E-state index in [1.54, 1.807) is 0 Å². The molecule has 0 aromatic carbocycles. The minimum Gasteiger partial charge on any atom is -0.369 e. The van der Waals surface area contributed by atoms with Gasteiger partial charge in [-0.05, 0) is 34.6 Å². The number of hydrazine groups is 1. The van der Waals surface area contributed by atoms with E-state index in [1.165, 1.54) is 0 Å². The van der Waals surface area contributed by atoms with E-state index >= 15 is 0 Å². The van der Waals surface area contributed by atoms with E-state index in [0.29, 0.717) is 23.7 Å². The molecule has 0 saturated carbocycles. The highest BCUT2D eigenvalue weighted by Gasteiger charge is 2.12. The normalized spacial score (nSPS) is 11.4. The van der Waals surface area contributed by atoms with E-state index in [-0.39, 0.29) is 0 Å². The first kappa shape index (κ1) is 15.7. The summed E-state index contributed by atoms with van der Waals surface area (Å²) in [6, 6.07) is 2.88. The number of hydrogen-bond acceptors (Lipinski definition) is 6. The maximum absolute atomic E-state index is 5.37. The lowest BCUT2D eigenvalue weighted by Gasteiger charge is -2.30. The zero-order chi connectivity index (χ0) is 14.4. The summed E-state index contributed by atoms with van der Waals surface area (Å²) in [4.78, 5) is 10.9. The molecule has 0 atom stereocenters. The van der Waals surface area contributed by atoms with Crippen molar-refractivity contribution in [2.24, 2.45) is 5.84 Å². The van der Waals surface area contributed by atoms with Crippen molar-refractivity contribution < 1.29 is 0 Å². The van der Waals surface area contributed by atoms with E-state index in [2.05, 4.69) is 53.3 Å². The van der Waals surface area contributed by atoms with E-state index < -0.39 is 0 Å². The Bertz CT molecular complexity index is 383. The van der Waals surface area contributed by atoms with Gasteiger partial charge in [-0.3, -0.25) is 4.90 Å². The third-order valence-electron chi connectivity index (χ3n) is 2.99. The van der Waals surface area contributed by atoms with Gasteiger partial charge in [-0.2, -0.15) is 0 Å². The van der Waals surface area contributed by atoms with Crippen LogP contribution >= 0.6 is 0 Å². The van der Waals surface area contributed by atoms with Gasteiger partial charge >= 0.3 is 0 Å². The Morgan fingerprint density at radius 2 is 1.74 bits per heavy atom. The van der Waals surface area contributed by atoms with E-state index in [1.807, 2.05) is 13.0 Å². The van der Waals surface area contributed by atoms with Crippen LogP contribution in [0.25, 0.3) is 0 Å². The molecule has 0 amide bonds. The SMILES string of the molecule is Cc1nc(NN)cc(NCCN(C(C)C)C(C)C)n1. The van der Waals surface area contributed by atoms with Gasteiger partial charge in [0, 0.05) is 31.2 Å². The Morgan fingerprint density at radius 1 is 1.16 bits per heavy atom. The Morgan fingerprint density at radius 3 is 2.26 bits per heavy atom. The van der Waals surface area contributed by atoms with Crippen molar-refractivity contribution in [3.05, 3.63) is 11.9 Å². The van der Waals surface area contributed by atoms with E-state index in [4.69, 9.17) is 5.84 Å². The number of anilines is 2. The van der Waals surface area contributed by atoms with Gasteiger partial charge < -0.3 is 10.7 Å². The Kier molecular flexibility index (Phi) is 5.98. The van der Waals surface area contributed by atoms with Crippen molar-refractivity contribution >= 4 is 11.6 Å². The predicted molar refractivity (Wildman–Crippen MR) is 80.0 cm³/mol. The second kappa shape index (κ2) is 7.25. The maximum atomic E-state index is 5.37. The van der Waals surface area contributed by atoms with Crippen molar-refractivity contribution in [3.8, 4) is 0 Å². The molecular weight excluding hydrogens is 240 g/mol. The summed E-state index contributed by atoms with van der Waals surface area (Å²) in [7, 11) is 0. The summed E-state index contributed by atoms with van der Waals surface area (Å²) in [5.74, 6) is 7.49. The van der Waals surface area contributed by atoms with Crippen molar-refractivity contribution in [1.82, 2.24) is 14.9 Å². The Labute approximate surface area is 115 Å². The van der Waals surface area contributed by atoms with Gasteiger partial charge in [-0.15, -0.1) is 0 Å². The minimum atomic E-state index is 0.537. The van der Waals surface area contributed by atoms with Gasteiger partial charge in [0.1, 0.15) is 17.5 Å². The van der Waals surface area contributed by atoms with Gasteiger partial charge in [-0.25, -0.2) is 15.8 Å². The molecule has 108 valence electrons. The van der Waals surface area contributed by atoms with Crippen LogP contribution in [0.2, 0.25) is 0 Å². The molecule has 1 aromatic rings. The molecule has 6 heteroatoms. The average Bonchev–Trinajstić information content (AvgIpc) is 2.32. The second-order valence-electron chi connectivity index (χ2n) is 5.18. The van der Waals surface area contributed by atoms with Crippen molar-refractivity contribution in [2.75, 3.05) is 23.8 Å². The molecule has 0 aliphatic heterocycles. The first-order chi connectivity index (χ1) is 8.93. The third kappa shape index (κ3) is 5.00. The summed E-state index contributed by atoms with van der Waals surface area (Å²) in [5.41, 5.74) is 2.54. The number of nitrogens with zero attached hydrogens (tertiary/aromatic N) is 3. The predicted octanol–water partition coefficient (Wildman–Crippen LogP) is 1.60. The Balaban J connectivity index is 2.55. The number of aromatic nitrogens is 2. The molecule has 4 N–H and O–H groups in total. The quantitative estimate of drug-likeness (QED) is 0.514. The zero-order valence-corrected chi connectivity index (χ0v) is 12.6. The molecule has 1 rings (SSSR count). The first-order valence-corrected chi connectivity index (χ1v) is 6.76. The van der Waals surface area contributed by atoms with Crippen LogP contribution in [0.3, 0.4) is 0 Å². The molecule has 1 aromatic heterocycles. The Hall–Kier alpha value is -1.40. The fourth-order valence-electron chi connectivity index (χ4n) is 2.16. The summed E-state index contributed by atoms with van der Waals surface area (Å²) in [6.07, 6.45) is 0. The van der Waals surface area contributed by atoms with Gasteiger partial charge in [0.2, 0.25) is 0 Å². The average molecular weight is 266 g/mol. The molecule has 0 fully saturated rings. The molecule has 0 aliphatic rings. The van der Waals surface area contributed by atoms with Crippen molar-refractivity contribution in [2.45, 2.75) is 46.7 Å². The van der Waals surface area contributed by atoms with Gasteiger partial charge in [0.25, 0.3) is 0 Å². The van der Waals surface area contributed by atoms with Crippen molar-refractivity contribution in [1.29, 1.82) is 0 Å². The summed E-state index contributed by atoms with van der Waals surface area (Å²) < 4.78 is 0. The van der Waals surface area contributed by atoms with Gasteiger partial charge in [-0.1, -0.05) is 0 Å². The topological polar surface area (TPSA) is 79.1 Å². The fourth-order valence-corrected chi connectivity index (χ4v) is 2.16. The van der Waals surface area contributed by atoms with E-state index in [9.17, 15) is 0 Å². The highest BCUT2D eigenvalue weighted by Crippen LogP contribution is 2.10. The summed E-state index contributed by atoms with van der Waals surface area (Å²) in [5, 5.41) is 3.31. The highest BCUT2D eigenvalue weighted by atomic mass is 15.3. The van der Waals surface area contributed by atoms with Crippen LogP contribution in [0.5, 0.6) is 0 Å². The highest BCUT2D eigenvalue weighted by molar-refractivity contribution is 5.46. The van der Waals surface area contributed by atoms with Crippen LogP contribution in [0.4, 0.5) is 11.6 Å². The summed E-state index contributed by atoms with van der Waals surface area (Å²) in [6.45, 7) is 12.5. The molecule has 1 heterocycles. The molecule has 0 aliphatic carbocycles. The fraction of sp³-hybridized carbons (Fsp3) is 0.692.